The van der Waals surface area contributed by atoms with E-state index in [2.05, 4.69) is 16.3 Å². The molecule has 0 radical (unpaired) electrons. The molecule has 1 heterocycles. The van der Waals surface area contributed by atoms with E-state index in [1.54, 1.807) is 6.34 Å². The summed E-state index contributed by atoms with van der Waals surface area (Å²) in [4.78, 5) is 6.52. The first-order valence-corrected chi connectivity index (χ1v) is 9.96. The monoisotopic (exact) mass is 399 g/mol. The largest absolute Gasteiger partial charge is 0.445 e. The molecule has 3 aromatic rings. The zero-order valence-corrected chi connectivity index (χ0v) is 17.2. The summed E-state index contributed by atoms with van der Waals surface area (Å²) in [5, 5.41) is 1.29. The Bertz CT molecular complexity index is 924. The molecular weight excluding hydrogens is 378 g/mol. The van der Waals surface area contributed by atoms with E-state index in [4.69, 9.17) is 16.3 Å². The fourth-order valence-electron chi connectivity index (χ4n) is 2.59. The highest BCUT2D eigenvalue weighted by molar-refractivity contribution is 7.08. The number of ether oxygens (including phenoxy) is 1. The summed E-state index contributed by atoms with van der Waals surface area (Å²) in [7, 11) is 2.00. The fraction of sp³-hybridized carbons (Fsp3) is 0.238. The van der Waals surface area contributed by atoms with Crippen LogP contribution in [0.25, 0.3) is 11.3 Å². The molecule has 0 unspecified atom stereocenters. The van der Waals surface area contributed by atoms with Crippen molar-refractivity contribution in [3.05, 3.63) is 59.1 Å². The van der Waals surface area contributed by atoms with Crippen molar-refractivity contribution < 1.29 is 4.74 Å². The molecule has 0 atom stereocenters. The summed E-state index contributed by atoms with van der Waals surface area (Å²) in [5.74, 6) is 0.712. The summed E-state index contributed by atoms with van der Waals surface area (Å²) in [6.07, 6.45) is 2.88. The highest BCUT2D eigenvalue weighted by Crippen LogP contribution is 2.37. The number of aryl methyl sites for hydroxylation is 1. The lowest BCUT2D eigenvalue weighted by Gasteiger charge is -2.12. The van der Waals surface area contributed by atoms with Crippen LogP contribution in [0.1, 0.15) is 18.9 Å². The molecule has 4 nitrogen and oxygen atoms in total. The molecule has 0 aliphatic rings. The quantitative estimate of drug-likeness (QED) is 0.333. The summed E-state index contributed by atoms with van der Waals surface area (Å²) in [5.41, 5.74) is 3.68. The number of hydrogen-bond acceptors (Lipinski definition) is 4. The topological polar surface area (TPSA) is 37.7 Å². The van der Waals surface area contributed by atoms with Gasteiger partial charge in [0.05, 0.1) is 22.7 Å². The first-order valence-electron chi connectivity index (χ1n) is 8.81. The molecule has 0 saturated heterocycles. The van der Waals surface area contributed by atoms with Gasteiger partial charge in [0.15, 0.2) is 0 Å². The van der Waals surface area contributed by atoms with Gasteiger partial charge in [-0.15, -0.1) is 0 Å². The van der Waals surface area contributed by atoms with Gasteiger partial charge < -0.3 is 9.64 Å². The number of aromatic nitrogens is 1. The highest BCUT2D eigenvalue weighted by Gasteiger charge is 2.11. The van der Waals surface area contributed by atoms with Crippen molar-refractivity contribution in [3.63, 3.8) is 0 Å². The SMILES string of the molecule is CCCN(C)C=Nc1cc(C)c(Oc2cc(-c3ccccc3)ns2)cc1Cl. The Hall–Kier alpha value is -2.37. The fourth-order valence-corrected chi connectivity index (χ4v) is 3.43. The lowest BCUT2D eigenvalue weighted by Crippen LogP contribution is -2.16. The van der Waals surface area contributed by atoms with Gasteiger partial charge in [-0.05, 0) is 25.0 Å². The van der Waals surface area contributed by atoms with Crippen molar-refractivity contribution in [1.82, 2.24) is 9.27 Å². The molecule has 2 aromatic carbocycles. The van der Waals surface area contributed by atoms with Crippen LogP contribution in [0.15, 0.2) is 53.5 Å². The zero-order chi connectivity index (χ0) is 19.2. The van der Waals surface area contributed by atoms with Crippen molar-refractivity contribution in [2.45, 2.75) is 20.3 Å². The van der Waals surface area contributed by atoms with Gasteiger partial charge in [-0.25, -0.2) is 4.99 Å². The van der Waals surface area contributed by atoms with Gasteiger partial charge in [-0.1, -0.05) is 48.9 Å². The Morgan fingerprint density at radius 1 is 1.22 bits per heavy atom. The summed E-state index contributed by atoms with van der Waals surface area (Å²) in [6.45, 7) is 5.08. The number of rotatable bonds is 7. The predicted molar refractivity (Wildman–Crippen MR) is 115 cm³/mol. The number of benzene rings is 2. The lowest BCUT2D eigenvalue weighted by atomic mass is 10.2. The number of halogens is 1. The third-order valence-electron chi connectivity index (χ3n) is 3.98. The maximum Gasteiger partial charge on any atom is 0.200 e. The maximum absolute atomic E-state index is 6.40. The molecule has 6 heteroatoms. The van der Waals surface area contributed by atoms with E-state index < -0.39 is 0 Å². The van der Waals surface area contributed by atoms with Crippen molar-refractivity contribution in [2.24, 2.45) is 4.99 Å². The smallest absolute Gasteiger partial charge is 0.200 e. The minimum Gasteiger partial charge on any atom is -0.445 e. The summed E-state index contributed by atoms with van der Waals surface area (Å²) < 4.78 is 10.5. The number of aliphatic imine (C=N–C) groups is 1. The predicted octanol–water partition coefficient (Wildman–Crippen LogP) is 6.57. The second kappa shape index (κ2) is 9.02. The van der Waals surface area contributed by atoms with Gasteiger partial charge in [0.1, 0.15) is 5.75 Å². The molecule has 0 spiro atoms. The summed E-state index contributed by atoms with van der Waals surface area (Å²) in [6, 6.07) is 15.7. The van der Waals surface area contributed by atoms with E-state index in [0.717, 1.165) is 40.5 Å². The van der Waals surface area contributed by atoms with Crippen LogP contribution in [0.2, 0.25) is 5.02 Å². The molecule has 0 amide bonds. The second-order valence-electron chi connectivity index (χ2n) is 6.29. The van der Waals surface area contributed by atoms with Crippen LogP contribution >= 0.6 is 23.1 Å². The van der Waals surface area contributed by atoms with Crippen LogP contribution in [0.5, 0.6) is 10.8 Å². The number of nitrogens with zero attached hydrogens (tertiary/aromatic N) is 3. The van der Waals surface area contributed by atoms with Crippen LogP contribution in [-0.4, -0.2) is 29.2 Å². The van der Waals surface area contributed by atoms with Crippen molar-refractivity contribution in [3.8, 4) is 22.1 Å². The van der Waals surface area contributed by atoms with Crippen LogP contribution in [0, 0.1) is 6.92 Å². The minimum atomic E-state index is 0.560. The molecule has 0 fully saturated rings. The van der Waals surface area contributed by atoms with E-state index in [0.29, 0.717) is 10.8 Å². The van der Waals surface area contributed by atoms with Gasteiger partial charge in [0.25, 0.3) is 0 Å². The third-order valence-corrected chi connectivity index (χ3v) is 4.96. The lowest BCUT2D eigenvalue weighted by molar-refractivity contribution is 0.493. The zero-order valence-electron chi connectivity index (χ0n) is 15.6. The van der Waals surface area contributed by atoms with Crippen LogP contribution in [0.4, 0.5) is 5.69 Å². The van der Waals surface area contributed by atoms with Gasteiger partial charge in [0, 0.05) is 42.8 Å². The molecule has 0 aliphatic heterocycles. The van der Waals surface area contributed by atoms with E-state index in [1.165, 1.54) is 11.5 Å². The molecule has 27 heavy (non-hydrogen) atoms. The second-order valence-corrected chi connectivity index (χ2v) is 7.47. The van der Waals surface area contributed by atoms with E-state index in [1.807, 2.05) is 67.4 Å². The average Bonchev–Trinajstić information content (AvgIpc) is 3.13. The standard InChI is InChI=1S/C21H22ClN3OS/c1-4-10-25(3)14-23-19-11-15(2)20(12-17(19)22)26-21-13-18(24-27-21)16-8-6-5-7-9-16/h5-9,11-14H,4,10H2,1-3H3. The Balaban J connectivity index is 1.76. The molecule has 0 aliphatic carbocycles. The Morgan fingerprint density at radius 3 is 2.74 bits per heavy atom. The molecule has 1 aromatic heterocycles. The van der Waals surface area contributed by atoms with E-state index in [-0.39, 0.29) is 0 Å². The van der Waals surface area contributed by atoms with Gasteiger partial charge >= 0.3 is 0 Å². The molecule has 140 valence electrons. The summed E-state index contributed by atoms with van der Waals surface area (Å²) >= 11 is 7.73. The Morgan fingerprint density at radius 2 is 2.00 bits per heavy atom. The molecule has 3 rings (SSSR count). The minimum absolute atomic E-state index is 0.560. The van der Waals surface area contributed by atoms with Crippen molar-refractivity contribution in [1.29, 1.82) is 0 Å². The van der Waals surface area contributed by atoms with Gasteiger partial charge in [0.2, 0.25) is 5.06 Å². The van der Waals surface area contributed by atoms with Crippen LogP contribution in [0.3, 0.4) is 0 Å². The van der Waals surface area contributed by atoms with E-state index in [9.17, 15) is 0 Å². The van der Waals surface area contributed by atoms with Crippen LogP contribution in [-0.2, 0) is 0 Å². The first-order chi connectivity index (χ1) is 13.1. The van der Waals surface area contributed by atoms with Crippen molar-refractivity contribution in [2.75, 3.05) is 13.6 Å². The molecule has 0 bridgehead atoms. The van der Waals surface area contributed by atoms with Gasteiger partial charge in [-0.3, -0.25) is 0 Å². The van der Waals surface area contributed by atoms with Gasteiger partial charge in [-0.2, -0.15) is 4.37 Å². The molecule has 0 N–H and O–H groups in total. The first kappa shape index (κ1) is 19.4. The normalized spacial score (nSPS) is 11.1. The van der Waals surface area contributed by atoms with Crippen LogP contribution < -0.4 is 4.74 Å². The number of hydrogen-bond donors (Lipinski definition) is 0. The average molecular weight is 400 g/mol. The Kier molecular flexibility index (Phi) is 6.48. The maximum atomic E-state index is 6.40. The Labute approximate surface area is 169 Å². The van der Waals surface area contributed by atoms with E-state index >= 15 is 0 Å². The molecule has 0 saturated carbocycles. The van der Waals surface area contributed by atoms with Crippen molar-refractivity contribution >= 4 is 35.2 Å². The molecular formula is C21H22ClN3OS. The highest BCUT2D eigenvalue weighted by atomic mass is 35.5. The third kappa shape index (κ3) is 5.08.